The first-order valence-corrected chi connectivity index (χ1v) is 5.23. The molecule has 0 heterocycles. The number of nitrogens with zero attached hydrogens (tertiary/aromatic N) is 3. The maximum atomic E-state index is 13.4. The molecule has 98 valence electrons. The molecule has 0 bridgehead atoms. The molecule has 0 aliphatic heterocycles. The monoisotopic (exact) mass is 255 g/mol. The summed E-state index contributed by atoms with van der Waals surface area (Å²) >= 11 is 0. The lowest BCUT2D eigenvalue weighted by atomic mass is 10.0. The first-order chi connectivity index (χ1) is 8.60. The Morgan fingerprint density at radius 1 is 1.50 bits per heavy atom. The molecule has 0 spiro atoms. The highest BCUT2D eigenvalue weighted by molar-refractivity contribution is 5.45. The number of nitrogens with one attached hydrogen (secondary N) is 1. The van der Waals surface area contributed by atoms with Crippen molar-refractivity contribution in [2.75, 3.05) is 12.0 Å². The zero-order valence-electron chi connectivity index (χ0n) is 9.49. The van der Waals surface area contributed by atoms with E-state index < -0.39 is 18.0 Å². The molecule has 8 heteroatoms. The number of aliphatic hydroxyl groups is 2. The molecular weight excluding hydrogens is 241 g/mol. The van der Waals surface area contributed by atoms with Crippen molar-refractivity contribution in [2.24, 2.45) is 11.0 Å². The van der Waals surface area contributed by atoms with Gasteiger partial charge in [0.05, 0.1) is 11.8 Å². The zero-order chi connectivity index (χ0) is 13.5. The largest absolute Gasteiger partial charge is 0.390 e. The van der Waals surface area contributed by atoms with E-state index in [1.807, 2.05) is 0 Å². The molecule has 7 nitrogen and oxygen atoms in total. The Morgan fingerprint density at radius 2 is 2.22 bits per heavy atom. The first kappa shape index (κ1) is 14.2. The van der Waals surface area contributed by atoms with Gasteiger partial charge in [0.25, 0.3) is 0 Å². The summed E-state index contributed by atoms with van der Waals surface area (Å²) in [5.41, 5.74) is 10.5. The van der Waals surface area contributed by atoms with Gasteiger partial charge < -0.3 is 15.6 Å². The summed E-state index contributed by atoms with van der Waals surface area (Å²) in [4.78, 5) is 2.53. The standard InChI is InChI=1S/C10H14FN5O2/c11-7-5-6(1-2-8(7)15-12)10(18)9(17)3-4-14-16-13/h1-2,5,9-10,15,17-18H,3-4,12H2. The number of nitrogen functional groups attached to an aromatic ring is 1. The van der Waals surface area contributed by atoms with Crippen molar-refractivity contribution in [3.8, 4) is 0 Å². The lowest BCUT2D eigenvalue weighted by Crippen LogP contribution is -2.19. The number of aliphatic hydroxyl groups excluding tert-OH is 2. The molecule has 0 fully saturated rings. The van der Waals surface area contributed by atoms with Gasteiger partial charge in [-0.25, -0.2) is 4.39 Å². The second kappa shape index (κ2) is 6.77. The predicted molar refractivity (Wildman–Crippen MR) is 63.8 cm³/mol. The molecular formula is C10H14FN5O2. The summed E-state index contributed by atoms with van der Waals surface area (Å²) in [6, 6.07) is 3.88. The Kier molecular flexibility index (Phi) is 5.34. The number of rotatable bonds is 6. The van der Waals surface area contributed by atoms with Gasteiger partial charge in [0.2, 0.25) is 0 Å². The van der Waals surface area contributed by atoms with E-state index in [0.717, 1.165) is 6.07 Å². The summed E-state index contributed by atoms with van der Waals surface area (Å²) < 4.78 is 13.4. The Balaban J connectivity index is 2.73. The van der Waals surface area contributed by atoms with E-state index in [4.69, 9.17) is 11.4 Å². The fourth-order valence-electron chi connectivity index (χ4n) is 1.45. The molecule has 0 aromatic heterocycles. The SMILES string of the molecule is [N-]=[N+]=NCCC(O)C(O)c1ccc(NN)c(F)c1. The maximum absolute atomic E-state index is 13.4. The summed E-state index contributed by atoms with van der Waals surface area (Å²) in [6.07, 6.45) is -2.30. The van der Waals surface area contributed by atoms with Crippen molar-refractivity contribution in [3.05, 3.63) is 40.0 Å². The van der Waals surface area contributed by atoms with Gasteiger partial charge in [0.1, 0.15) is 11.9 Å². The molecule has 0 saturated heterocycles. The Morgan fingerprint density at radius 3 is 2.78 bits per heavy atom. The average molecular weight is 255 g/mol. The van der Waals surface area contributed by atoms with Crippen LogP contribution in [0.2, 0.25) is 0 Å². The minimum absolute atomic E-state index is 0.0552. The van der Waals surface area contributed by atoms with Crippen molar-refractivity contribution in [3.63, 3.8) is 0 Å². The average Bonchev–Trinajstić information content (AvgIpc) is 2.38. The van der Waals surface area contributed by atoms with Gasteiger partial charge in [0, 0.05) is 11.5 Å². The molecule has 1 aromatic carbocycles. The lowest BCUT2D eigenvalue weighted by Gasteiger charge is -2.17. The van der Waals surface area contributed by atoms with Crippen LogP contribution in [0.3, 0.4) is 0 Å². The number of hydrazine groups is 1. The van der Waals surface area contributed by atoms with Crippen molar-refractivity contribution in [2.45, 2.75) is 18.6 Å². The van der Waals surface area contributed by atoms with Crippen molar-refractivity contribution in [1.29, 1.82) is 0 Å². The van der Waals surface area contributed by atoms with E-state index in [1.165, 1.54) is 12.1 Å². The van der Waals surface area contributed by atoms with Crippen molar-refractivity contribution < 1.29 is 14.6 Å². The van der Waals surface area contributed by atoms with Crippen LogP contribution in [0.4, 0.5) is 10.1 Å². The normalized spacial score (nSPS) is 13.6. The van der Waals surface area contributed by atoms with Crippen LogP contribution in [0.15, 0.2) is 23.3 Å². The van der Waals surface area contributed by atoms with E-state index in [1.54, 1.807) is 0 Å². The number of hydrogen-bond acceptors (Lipinski definition) is 5. The second-order valence-corrected chi connectivity index (χ2v) is 3.64. The molecule has 0 aliphatic rings. The molecule has 0 saturated carbocycles. The third-order valence-electron chi connectivity index (χ3n) is 2.44. The fraction of sp³-hybridized carbons (Fsp3) is 0.400. The lowest BCUT2D eigenvalue weighted by molar-refractivity contribution is 0.0149. The number of nitrogens with two attached hydrogens (primary N) is 1. The molecule has 0 amide bonds. The molecule has 18 heavy (non-hydrogen) atoms. The molecule has 1 aromatic rings. The predicted octanol–water partition coefficient (Wildman–Crippen LogP) is 1.21. The summed E-state index contributed by atoms with van der Waals surface area (Å²) in [5, 5.41) is 22.6. The quantitative estimate of drug-likeness (QED) is 0.200. The van der Waals surface area contributed by atoms with Crippen LogP contribution in [0.25, 0.3) is 10.4 Å². The third-order valence-corrected chi connectivity index (χ3v) is 2.44. The number of anilines is 1. The van der Waals surface area contributed by atoms with Gasteiger partial charge in [-0.15, -0.1) is 0 Å². The molecule has 1 rings (SSSR count). The number of halogens is 1. The van der Waals surface area contributed by atoms with Gasteiger partial charge >= 0.3 is 0 Å². The third kappa shape index (κ3) is 3.57. The van der Waals surface area contributed by atoms with Crippen LogP contribution in [0, 0.1) is 5.82 Å². The Hall–Kier alpha value is -1.86. The number of azide groups is 1. The minimum Gasteiger partial charge on any atom is -0.390 e. The van der Waals surface area contributed by atoms with Crippen molar-refractivity contribution >= 4 is 5.69 Å². The maximum Gasteiger partial charge on any atom is 0.147 e. The molecule has 0 radical (unpaired) electrons. The molecule has 5 N–H and O–H groups in total. The van der Waals surface area contributed by atoms with Crippen LogP contribution in [-0.2, 0) is 0 Å². The smallest absolute Gasteiger partial charge is 0.147 e. The second-order valence-electron chi connectivity index (χ2n) is 3.64. The topological polar surface area (TPSA) is 127 Å². The van der Waals surface area contributed by atoms with Crippen LogP contribution in [0.1, 0.15) is 18.1 Å². The number of hydrogen-bond donors (Lipinski definition) is 4. The summed E-state index contributed by atoms with van der Waals surface area (Å²) in [7, 11) is 0. The van der Waals surface area contributed by atoms with Crippen LogP contribution >= 0.6 is 0 Å². The highest BCUT2D eigenvalue weighted by atomic mass is 19.1. The van der Waals surface area contributed by atoms with Crippen LogP contribution < -0.4 is 11.3 Å². The van der Waals surface area contributed by atoms with Gasteiger partial charge in [-0.3, -0.25) is 5.84 Å². The molecule has 0 aliphatic carbocycles. The van der Waals surface area contributed by atoms with Crippen LogP contribution in [-0.4, -0.2) is 22.9 Å². The zero-order valence-corrected chi connectivity index (χ0v) is 9.49. The summed E-state index contributed by atoms with van der Waals surface area (Å²) in [6.45, 7) is 0.0552. The highest BCUT2D eigenvalue weighted by Gasteiger charge is 2.18. The van der Waals surface area contributed by atoms with Gasteiger partial charge in [0.15, 0.2) is 0 Å². The van der Waals surface area contributed by atoms with E-state index >= 15 is 0 Å². The molecule has 2 atom stereocenters. The van der Waals surface area contributed by atoms with E-state index in [9.17, 15) is 14.6 Å². The van der Waals surface area contributed by atoms with E-state index in [2.05, 4.69) is 15.5 Å². The Labute approximate surface area is 103 Å². The molecule has 2 unspecified atom stereocenters. The summed E-state index contributed by atoms with van der Waals surface area (Å²) in [5.74, 6) is 4.44. The van der Waals surface area contributed by atoms with Gasteiger partial charge in [-0.2, -0.15) is 0 Å². The van der Waals surface area contributed by atoms with E-state index in [0.29, 0.717) is 0 Å². The first-order valence-electron chi connectivity index (χ1n) is 5.23. The Bertz CT molecular complexity index is 450. The van der Waals surface area contributed by atoms with Gasteiger partial charge in [-0.1, -0.05) is 11.2 Å². The minimum atomic E-state index is -1.25. The highest BCUT2D eigenvalue weighted by Crippen LogP contribution is 2.23. The fourth-order valence-corrected chi connectivity index (χ4v) is 1.45. The van der Waals surface area contributed by atoms with E-state index in [-0.39, 0.29) is 24.2 Å². The van der Waals surface area contributed by atoms with Crippen molar-refractivity contribution in [1.82, 2.24) is 0 Å². The van der Waals surface area contributed by atoms with Gasteiger partial charge in [-0.05, 0) is 29.6 Å². The van der Waals surface area contributed by atoms with Crippen LogP contribution in [0.5, 0.6) is 0 Å². The number of benzene rings is 1.